The normalized spacial score (nSPS) is 11.0. The van der Waals surface area contributed by atoms with Gasteiger partial charge in [-0.25, -0.2) is 0 Å². The van der Waals surface area contributed by atoms with Gasteiger partial charge in [0, 0.05) is 0 Å². The summed E-state index contributed by atoms with van der Waals surface area (Å²) in [5.41, 5.74) is 0. The monoisotopic (exact) mass is 169 g/mol. The molecule has 2 radical (unpaired) electrons. The largest absolute Gasteiger partial charge is 0.306 e. The van der Waals surface area contributed by atoms with E-state index in [2.05, 4.69) is 18.9 Å². The Morgan fingerprint density at radius 2 is 1.67 bits per heavy atom. The Labute approximate surface area is 78.1 Å². The summed E-state index contributed by atoms with van der Waals surface area (Å²) in [6.45, 7) is 10.1. The molecule has 0 rings (SSSR count). The number of hydrogen-bond acceptors (Lipinski definition) is 1. The summed E-state index contributed by atoms with van der Waals surface area (Å²) < 4.78 is 0. The molecule has 72 valence electrons. The molecule has 12 heavy (non-hydrogen) atoms. The molecule has 0 heterocycles. The quantitative estimate of drug-likeness (QED) is 0.505. The van der Waals surface area contributed by atoms with Crippen molar-refractivity contribution >= 4 is 0 Å². The van der Waals surface area contributed by atoms with Gasteiger partial charge in [0.15, 0.2) is 0 Å². The van der Waals surface area contributed by atoms with Gasteiger partial charge in [0.1, 0.15) is 0 Å². The van der Waals surface area contributed by atoms with Gasteiger partial charge in [0.2, 0.25) is 0 Å². The minimum atomic E-state index is 0.819. The Bertz CT molecular complexity index is 81.1. The molecular weight excluding hydrogens is 146 g/mol. The van der Waals surface area contributed by atoms with Gasteiger partial charge in [-0.2, -0.15) is 0 Å². The zero-order chi connectivity index (χ0) is 9.23. The van der Waals surface area contributed by atoms with Gasteiger partial charge in [0.25, 0.3) is 0 Å². The maximum absolute atomic E-state index is 5.43. The van der Waals surface area contributed by atoms with Crippen LogP contribution in [0, 0.1) is 6.92 Å². The second-order valence-electron chi connectivity index (χ2n) is 3.51. The molecule has 0 aliphatic rings. The zero-order valence-corrected chi connectivity index (χ0v) is 8.68. The van der Waals surface area contributed by atoms with Gasteiger partial charge in [-0.15, -0.1) is 0 Å². The zero-order valence-electron chi connectivity index (χ0n) is 8.68. The average molecular weight is 169 g/mol. The summed E-state index contributed by atoms with van der Waals surface area (Å²) >= 11 is 0. The Balaban J connectivity index is 3.02. The van der Waals surface area contributed by atoms with Crippen molar-refractivity contribution in [3.8, 4) is 0 Å². The van der Waals surface area contributed by atoms with E-state index in [1.165, 1.54) is 32.2 Å². The van der Waals surface area contributed by atoms with Crippen molar-refractivity contribution < 1.29 is 0 Å². The molecular formula is C11H23N. The van der Waals surface area contributed by atoms with E-state index < -0.39 is 0 Å². The molecule has 0 aromatic carbocycles. The first-order valence-electron chi connectivity index (χ1n) is 5.20. The minimum absolute atomic E-state index is 0.819. The van der Waals surface area contributed by atoms with E-state index in [1.807, 2.05) is 0 Å². The molecule has 0 aromatic heterocycles. The van der Waals surface area contributed by atoms with Crippen LogP contribution in [0.4, 0.5) is 0 Å². The minimum Gasteiger partial charge on any atom is -0.306 e. The molecule has 0 atom stereocenters. The van der Waals surface area contributed by atoms with Crippen LogP contribution in [0.3, 0.4) is 0 Å². The summed E-state index contributed by atoms with van der Waals surface area (Å²) in [5.74, 6) is 0. The van der Waals surface area contributed by atoms with Gasteiger partial charge in [-0.1, -0.05) is 26.2 Å². The summed E-state index contributed by atoms with van der Waals surface area (Å²) in [6, 6.07) is 0. The fourth-order valence-corrected chi connectivity index (χ4v) is 1.28. The van der Waals surface area contributed by atoms with Crippen molar-refractivity contribution in [1.82, 2.24) is 4.90 Å². The summed E-state index contributed by atoms with van der Waals surface area (Å²) in [7, 11) is 2.18. The van der Waals surface area contributed by atoms with Crippen LogP contribution in [-0.2, 0) is 0 Å². The highest BCUT2D eigenvalue weighted by atomic mass is 15.1. The molecule has 0 aliphatic carbocycles. The Morgan fingerprint density at radius 1 is 1.00 bits per heavy atom. The van der Waals surface area contributed by atoms with Crippen LogP contribution in [0.2, 0.25) is 0 Å². The summed E-state index contributed by atoms with van der Waals surface area (Å²) in [4.78, 5) is 2.38. The maximum atomic E-state index is 5.43. The second kappa shape index (κ2) is 9.05. The van der Waals surface area contributed by atoms with E-state index in [9.17, 15) is 0 Å². The highest BCUT2D eigenvalue weighted by Crippen LogP contribution is 2.00. The van der Waals surface area contributed by atoms with E-state index in [1.54, 1.807) is 0 Å². The smallest absolute Gasteiger partial charge is 0.00217 e. The standard InChI is InChI=1S/C11H23N/c1-4-6-8-9-11-12(3)10-7-5-2/h2H,4-11H2,1,3H3. The van der Waals surface area contributed by atoms with Crippen LogP contribution in [0.1, 0.15) is 45.4 Å². The number of hydrogen-bond donors (Lipinski definition) is 0. The van der Waals surface area contributed by atoms with E-state index in [-0.39, 0.29) is 0 Å². The van der Waals surface area contributed by atoms with Crippen LogP contribution >= 0.6 is 0 Å². The van der Waals surface area contributed by atoms with Crippen LogP contribution in [-0.4, -0.2) is 25.0 Å². The van der Waals surface area contributed by atoms with Crippen molar-refractivity contribution in [2.45, 2.75) is 45.4 Å². The predicted octanol–water partition coefficient (Wildman–Crippen LogP) is 2.99. The number of unbranched alkanes of at least 4 members (excludes halogenated alkanes) is 4. The SMILES string of the molecule is [CH]CCCN(C)CCCCCC. The molecule has 0 N–H and O–H groups in total. The molecule has 0 saturated heterocycles. The Kier molecular flexibility index (Phi) is 9.02. The average Bonchev–Trinajstić information content (AvgIpc) is 2.09. The van der Waals surface area contributed by atoms with Crippen molar-refractivity contribution in [1.29, 1.82) is 0 Å². The van der Waals surface area contributed by atoms with Gasteiger partial charge < -0.3 is 4.90 Å². The van der Waals surface area contributed by atoms with Gasteiger partial charge in [-0.05, 0) is 46.3 Å². The molecule has 1 heteroatoms. The van der Waals surface area contributed by atoms with E-state index in [4.69, 9.17) is 6.92 Å². The van der Waals surface area contributed by atoms with Crippen molar-refractivity contribution in [2.24, 2.45) is 0 Å². The molecule has 0 amide bonds. The van der Waals surface area contributed by atoms with Crippen LogP contribution in [0.15, 0.2) is 0 Å². The highest BCUT2D eigenvalue weighted by Gasteiger charge is 1.95. The molecule has 0 aliphatic heterocycles. The van der Waals surface area contributed by atoms with E-state index in [0.29, 0.717) is 0 Å². The molecule has 1 nitrogen and oxygen atoms in total. The van der Waals surface area contributed by atoms with Gasteiger partial charge >= 0.3 is 0 Å². The van der Waals surface area contributed by atoms with Gasteiger partial charge in [0.05, 0.1) is 0 Å². The van der Waals surface area contributed by atoms with Crippen molar-refractivity contribution in [3.63, 3.8) is 0 Å². The fourth-order valence-electron chi connectivity index (χ4n) is 1.28. The maximum Gasteiger partial charge on any atom is -0.00217 e. The molecule has 0 spiro atoms. The molecule has 0 fully saturated rings. The lowest BCUT2D eigenvalue weighted by atomic mass is 10.2. The van der Waals surface area contributed by atoms with Crippen molar-refractivity contribution in [3.05, 3.63) is 6.92 Å². The predicted molar refractivity (Wildman–Crippen MR) is 55.2 cm³/mol. The lowest BCUT2D eigenvalue weighted by Crippen LogP contribution is -2.20. The Morgan fingerprint density at radius 3 is 2.25 bits per heavy atom. The van der Waals surface area contributed by atoms with Crippen LogP contribution in [0.5, 0.6) is 0 Å². The van der Waals surface area contributed by atoms with Crippen LogP contribution < -0.4 is 0 Å². The van der Waals surface area contributed by atoms with Crippen LogP contribution in [0.25, 0.3) is 0 Å². The second-order valence-corrected chi connectivity index (χ2v) is 3.51. The third-order valence-electron chi connectivity index (χ3n) is 2.14. The first-order chi connectivity index (χ1) is 5.81. The lowest BCUT2D eigenvalue weighted by Gasteiger charge is -2.15. The molecule has 0 bridgehead atoms. The molecule has 0 unspecified atom stereocenters. The van der Waals surface area contributed by atoms with E-state index in [0.717, 1.165) is 19.4 Å². The molecule has 0 saturated carbocycles. The highest BCUT2D eigenvalue weighted by molar-refractivity contribution is 4.53. The lowest BCUT2D eigenvalue weighted by molar-refractivity contribution is 0.321. The number of nitrogens with zero attached hydrogens (tertiary/aromatic N) is 1. The fraction of sp³-hybridized carbons (Fsp3) is 0.909. The molecule has 0 aromatic rings. The summed E-state index contributed by atoms with van der Waals surface area (Å²) in [6.07, 6.45) is 7.37. The summed E-state index contributed by atoms with van der Waals surface area (Å²) in [5, 5.41) is 0. The third-order valence-corrected chi connectivity index (χ3v) is 2.14. The first-order valence-corrected chi connectivity index (χ1v) is 5.20. The topological polar surface area (TPSA) is 3.24 Å². The third kappa shape index (κ3) is 8.06. The Hall–Kier alpha value is -0.0400. The van der Waals surface area contributed by atoms with E-state index >= 15 is 0 Å². The van der Waals surface area contributed by atoms with Gasteiger partial charge in [-0.3, -0.25) is 0 Å². The number of rotatable bonds is 8. The van der Waals surface area contributed by atoms with Crippen molar-refractivity contribution in [2.75, 3.05) is 20.1 Å². The first kappa shape index (κ1) is 12.0.